The number of amides is 2. The largest absolute Gasteiger partial charge is 0.480 e. The second-order valence-corrected chi connectivity index (χ2v) is 4.15. The van der Waals surface area contributed by atoms with Gasteiger partial charge in [0.05, 0.1) is 7.11 Å². The van der Waals surface area contributed by atoms with E-state index < -0.39 is 24.0 Å². The van der Waals surface area contributed by atoms with Crippen LogP contribution in [0.2, 0.25) is 0 Å². The number of likely N-dealkylation sites (N-methyl/N-ethyl adjacent to an activating group) is 1. The molecule has 19 heavy (non-hydrogen) atoms. The predicted octanol–water partition coefficient (Wildman–Crippen LogP) is 0.786. The maximum absolute atomic E-state index is 12.2. The molecule has 110 valence electrons. The fraction of sp³-hybridized carbons (Fsp3) is 0.750. The van der Waals surface area contributed by atoms with Gasteiger partial charge in [-0.1, -0.05) is 13.8 Å². The monoisotopic (exact) mass is 274 g/mol. The van der Waals surface area contributed by atoms with Gasteiger partial charge >= 0.3 is 18.0 Å². The lowest BCUT2D eigenvalue weighted by molar-refractivity contribution is -0.142. The molecule has 1 unspecified atom stereocenters. The van der Waals surface area contributed by atoms with E-state index in [4.69, 9.17) is 5.11 Å². The molecule has 0 aromatic carbocycles. The molecule has 0 aliphatic rings. The van der Waals surface area contributed by atoms with Crippen LogP contribution < -0.4 is 0 Å². The third-order valence-electron chi connectivity index (χ3n) is 2.75. The van der Waals surface area contributed by atoms with Crippen LogP contribution in [0.25, 0.3) is 0 Å². The average Bonchev–Trinajstić information content (AvgIpc) is 2.37. The zero-order valence-corrected chi connectivity index (χ0v) is 11.9. The Kier molecular flexibility index (Phi) is 7.55. The molecule has 2 amide bonds. The van der Waals surface area contributed by atoms with E-state index in [2.05, 4.69) is 4.74 Å². The SMILES string of the molecule is CCCN(CC(=O)OC)C(=O)N(C)C(CC)C(=O)O. The third-order valence-corrected chi connectivity index (χ3v) is 2.75. The van der Waals surface area contributed by atoms with Gasteiger partial charge in [-0.2, -0.15) is 0 Å². The van der Waals surface area contributed by atoms with Gasteiger partial charge in [0, 0.05) is 13.6 Å². The number of ether oxygens (including phenoxy) is 1. The fourth-order valence-electron chi connectivity index (χ4n) is 1.70. The summed E-state index contributed by atoms with van der Waals surface area (Å²) in [5, 5.41) is 9.03. The van der Waals surface area contributed by atoms with Gasteiger partial charge < -0.3 is 19.6 Å². The van der Waals surface area contributed by atoms with Gasteiger partial charge in [0.15, 0.2) is 0 Å². The van der Waals surface area contributed by atoms with Gasteiger partial charge in [-0.3, -0.25) is 4.79 Å². The summed E-state index contributed by atoms with van der Waals surface area (Å²) in [7, 11) is 2.66. The van der Waals surface area contributed by atoms with Crippen LogP contribution in [-0.4, -0.2) is 66.2 Å². The second-order valence-electron chi connectivity index (χ2n) is 4.15. The maximum atomic E-state index is 12.2. The standard InChI is InChI=1S/C12H22N2O5/c1-5-7-14(8-10(15)19-4)12(18)13(3)9(6-2)11(16)17/h9H,5-8H2,1-4H3,(H,16,17). The Labute approximate surface area is 113 Å². The first-order valence-electron chi connectivity index (χ1n) is 6.20. The van der Waals surface area contributed by atoms with Crippen LogP contribution in [0.5, 0.6) is 0 Å². The van der Waals surface area contributed by atoms with E-state index >= 15 is 0 Å². The van der Waals surface area contributed by atoms with Gasteiger partial charge in [-0.15, -0.1) is 0 Å². The molecule has 0 spiro atoms. The highest BCUT2D eigenvalue weighted by molar-refractivity contribution is 5.85. The van der Waals surface area contributed by atoms with Gasteiger partial charge in [-0.05, 0) is 12.8 Å². The minimum Gasteiger partial charge on any atom is -0.480 e. The first kappa shape index (κ1) is 17.2. The van der Waals surface area contributed by atoms with Gasteiger partial charge in [0.25, 0.3) is 0 Å². The minimum atomic E-state index is -1.06. The van der Waals surface area contributed by atoms with Crippen molar-refractivity contribution in [3.63, 3.8) is 0 Å². The quantitative estimate of drug-likeness (QED) is 0.693. The molecule has 0 aromatic heterocycles. The molecule has 1 N–H and O–H groups in total. The predicted molar refractivity (Wildman–Crippen MR) is 68.8 cm³/mol. The summed E-state index contributed by atoms with van der Waals surface area (Å²) in [6.07, 6.45) is 0.968. The van der Waals surface area contributed by atoms with Crippen molar-refractivity contribution in [2.75, 3.05) is 27.2 Å². The maximum Gasteiger partial charge on any atom is 0.326 e. The minimum absolute atomic E-state index is 0.177. The second kappa shape index (κ2) is 8.34. The summed E-state index contributed by atoms with van der Waals surface area (Å²) in [4.78, 5) is 36.9. The number of rotatable bonds is 7. The molecule has 0 bridgehead atoms. The molecule has 7 heteroatoms. The molecular formula is C12H22N2O5. The van der Waals surface area contributed by atoms with Crippen molar-refractivity contribution in [1.29, 1.82) is 0 Å². The van der Waals surface area contributed by atoms with Crippen molar-refractivity contribution < 1.29 is 24.2 Å². The smallest absolute Gasteiger partial charge is 0.326 e. The molecule has 0 aliphatic carbocycles. The summed E-state index contributed by atoms with van der Waals surface area (Å²) in [5.74, 6) is -1.59. The van der Waals surface area contributed by atoms with Crippen molar-refractivity contribution in [2.45, 2.75) is 32.7 Å². The molecule has 0 fully saturated rings. The molecule has 7 nitrogen and oxygen atoms in total. The number of carbonyl (C=O) groups excluding carboxylic acids is 2. The van der Waals surface area contributed by atoms with Crippen molar-refractivity contribution >= 4 is 18.0 Å². The topological polar surface area (TPSA) is 87.2 Å². The van der Waals surface area contributed by atoms with Crippen molar-refractivity contribution in [1.82, 2.24) is 9.80 Å². The Morgan fingerprint density at radius 2 is 1.84 bits per heavy atom. The summed E-state index contributed by atoms with van der Waals surface area (Å²) in [5.41, 5.74) is 0. The van der Waals surface area contributed by atoms with Crippen molar-refractivity contribution in [2.24, 2.45) is 0 Å². The average molecular weight is 274 g/mol. The van der Waals surface area contributed by atoms with Crippen molar-refractivity contribution in [3.05, 3.63) is 0 Å². The normalized spacial score (nSPS) is 11.6. The van der Waals surface area contributed by atoms with E-state index in [-0.39, 0.29) is 6.54 Å². The van der Waals surface area contributed by atoms with E-state index in [0.29, 0.717) is 19.4 Å². The van der Waals surface area contributed by atoms with E-state index in [1.165, 1.54) is 19.1 Å². The van der Waals surface area contributed by atoms with Crippen LogP contribution >= 0.6 is 0 Å². The lowest BCUT2D eigenvalue weighted by Gasteiger charge is -2.30. The van der Waals surface area contributed by atoms with Crippen molar-refractivity contribution in [3.8, 4) is 0 Å². The number of hydrogen-bond acceptors (Lipinski definition) is 4. The van der Waals surface area contributed by atoms with Crippen LogP contribution in [0.3, 0.4) is 0 Å². The summed E-state index contributed by atoms with van der Waals surface area (Å²) >= 11 is 0. The van der Waals surface area contributed by atoms with Crippen LogP contribution in [0.1, 0.15) is 26.7 Å². The molecule has 0 rings (SSSR count). The highest BCUT2D eigenvalue weighted by atomic mass is 16.5. The Morgan fingerprint density at radius 1 is 1.26 bits per heavy atom. The summed E-state index contributed by atoms with van der Waals surface area (Å²) in [6.45, 7) is 3.75. The van der Waals surface area contributed by atoms with Crippen LogP contribution in [0.15, 0.2) is 0 Å². The van der Waals surface area contributed by atoms with E-state index in [0.717, 1.165) is 4.90 Å². The number of hydrogen-bond donors (Lipinski definition) is 1. The first-order valence-corrected chi connectivity index (χ1v) is 6.20. The van der Waals surface area contributed by atoms with E-state index in [9.17, 15) is 14.4 Å². The lowest BCUT2D eigenvalue weighted by atomic mass is 10.2. The van der Waals surface area contributed by atoms with Gasteiger partial charge in [0.1, 0.15) is 12.6 Å². The molecule has 1 atom stereocenters. The van der Waals surface area contributed by atoms with E-state index in [1.807, 2.05) is 6.92 Å². The highest BCUT2D eigenvalue weighted by Gasteiger charge is 2.28. The Morgan fingerprint density at radius 3 is 2.21 bits per heavy atom. The molecule has 0 saturated heterocycles. The number of carboxylic acids is 1. The van der Waals surface area contributed by atoms with Gasteiger partial charge in [0.2, 0.25) is 0 Å². The fourth-order valence-corrected chi connectivity index (χ4v) is 1.70. The lowest BCUT2D eigenvalue weighted by Crippen LogP contribution is -2.50. The van der Waals surface area contributed by atoms with Crippen LogP contribution in [-0.2, 0) is 14.3 Å². The highest BCUT2D eigenvalue weighted by Crippen LogP contribution is 2.07. The number of methoxy groups -OCH3 is 1. The number of esters is 1. The number of aliphatic carboxylic acids is 1. The third kappa shape index (κ3) is 5.15. The molecule has 0 radical (unpaired) electrons. The van der Waals surface area contributed by atoms with E-state index in [1.54, 1.807) is 6.92 Å². The molecule has 0 saturated carbocycles. The zero-order chi connectivity index (χ0) is 15.0. The number of carbonyl (C=O) groups is 3. The summed E-state index contributed by atoms with van der Waals surface area (Å²) < 4.78 is 4.52. The van der Waals surface area contributed by atoms with Gasteiger partial charge in [-0.25, -0.2) is 9.59 Å². The molecule has 0 aromatic rings. The molecule has 0 heterocycles. The van der Waals surface area contributed by atoms with Crippen LogP contribution in [0.4, 0.5) is 4.79 Å². The summed E-state index contributed by atoms with van der Waals surface area (Å²) in [6, 6.07) is -1.38. The number of carboxylic acid groups (broad SMARTS) is 1. The molecular weight excluding hydrogens is 252 g/mol. The number of nitrogens with zero attached hydrogens (tertiary/aromatic N) is 2. The number of urea groups is 1. The Balaban J connectivity index is 4.87. The van der Waals surface area contributed by atoms with Crippen LogP contribution in [0, 0.1) is 0 Å². The first-order chi connectivity index (χ1) is 8.88. The Bertz CT molecular complexity index is 332. The zero-order valence-electron chi connectivity index (χ0n) is 11.9. The Hall–Kier alpha value is -1.79. The molecule has 0 aliphatic heterocycles.